The molecule has 5 heteroatoms. The van der Waals surface area contributed by atoms with E-state index >= 15 is 0 Å². The summed E-state index contributed by atoms with van der Waals surface area (Å²) >= 11 is 0. The lowest BCUT2D eigenvalue weighted by atomic mass is 10.1. The summed E-state index contributed by atoms with van der Waals surface area (Å²) in [5.74, 6) is -1.34. The summed E-state index contributed by atoms with van der Waals surface area (Å²) in [4.78, 5) is 29.1. The van der Waals surface area contributed by atoms with E-state index in [1.165, 1.54) is 13.8 Å². The van der Waals surface area contributed by atoms with Crippen molar-refractivity contribution >= 4 is 11.9 Å². The van der Waals surface area contributed by atoms with Gasteiger partial charge in [-0.2, -0.15) is 0 Å². The number of pyridine rings is 1. The van der Waals surface area contributed by atoms with Crippen LogP contribution in [0.1, 0.15) is 32.2 Å². The number of amides is 1. The Hall–Kier alpha value is -2.17. The fraction of sp³-hybridized carbons (Fsp3) is 0.400. The van der Waals surface area contributed by atoms with E-state index in [0.29, 0.717) is 13.1 Å². The zero-order chi connectivity index (χ0) is 15.3. The molecule has 1 aromatic heterocycles. The molecule has 0 spiro atoms. The van der Waals surface area contributed by atoms with Crippen molar-refractivity contribution in [3.8, 4) is 0 Å². The number of carboxylic acid groups (broad SMARTS) is 1. The maximum atomic E-state index is 12.3. The van der Waals surface area contributed by atoms with Crippen molar-refractivity contribution in [2.45, 2.75) is 34.2 Å². The maximum absolute atomic E-state index is 12.3. The number of carboxylic acids is 1. The number of hydrogen-bond donors (Lipinski definition) is 1. The van der Waals surface area contributed by atoms with Crippen molar-refractivity contribution in [2.75, 3.05) is 6.54 Å². The predicted molar refractivity (Wildman–Crippen MR) is 76.1 cm³/mol. The van der Waals surface area contributed by atoms with Crippen LogP contribution in [0.4, 0.5) is 0 Å². The largest absolute Gasteiger partial charge is 0.478 e. The lowest BCUT2D eigenvalue weighted by molar-refractivity contribution is -0.134. The molecule has 1 amide bonds. The molecule has 0 saturated carbocycles. The number of aromatic nitrogens is 1. The molecular weight excluding hydrogens is 256 g/mol. The molecule has 1 aromatic rings. The summed E-state index contributed by atoms with van der Waals surface area (Å²) in [6.07, 6.45) is 0. The van der Waals surface area contributed by atoms with Gasteiger partial charge in [0.05, 0.1) is 12.2 Å². The maximum Gasteiger partial charge on any atom is 0.331 e. The highest BCUT2D eigenvalue weighted by molar-refractivity contribution is 6.01. The number of aliphatic carboxylic acids is 1. The second-order valence-electron chi connectivity index (χ2n) is 4.64. The number of nitrogens with zero attached hydrogens (tertiary/aromatic N) is 2. The fourth-order valence-electron chi connectivity index (χ4n) is 1.77. The second-order valence-corrected chi connectivity index (χ2v) is 4.64. The fourth-order valence-corrected chi connectivity index (χ4v) is 1.77. The first-order valence-electron chi connectivity index (χ1n) is 6.49. The number of aryl methyl sites for hydroxylation is 1. The standard InChI is InChI=1S/C15H20N2O3/c1-5-17(9-13-8-6-7-10(2)16-13)14(18)11(3)12(4)15(19)20/h6-8H,5,9H2,1-4H3,(H,19,20)/b12-11-. The summed E-state index contributed by atoms with van der Waals surface area (Å²) in [6.45, 7) is 7.60. The molecule has 1 heterocycles. The Morgan fingerprint density at radius 1 is 1.25 bits per heavy atom. The van der Waals surface area contributed by atoms with E-state index in [-0.39, 0.29) is 17.1 Å². The van der Waals surface area contributed by atoms with Crippen LogP contribution < -0.4 is 0 Å². The van der Waals surface area contributed by atoms with Crippen molar-refractivity contribution < 1.29 is 14.7 Å². The first-order valence-corrected chi connectivity index (χ1v) is 6.49. The van der Waals surface area contributed by atoms with Gasteiger partial charge in [0.25, 0.3) is 0 Å². The third-order valence-electron chi connectivity index (χ3n) is 3.17. The van der Waals surface area contributed by atoms with Crippen molar-refractivity contribution in [1.82, 2.24) is 9.88 Å². The Labute approximate surface area is 118 Å². The van der Waals surface area contributed by atoms with Gasteiger partial charge < -0.3 is 10.0 Å². The van der Waals surface area contributed by atoms with Crippen molar-refractivity contribution in [1.29, 1.82) is 0 Å². The van der Waals surface area contributed by atoms with E-state index in [4.69, 9.17) is 5.11 Å². The van der Waals surface area contributed by atoms with Crippen LogP contribution in [0.5, 0.6) is 0 Å². The Balaban J connectivity index is 2.94. The van der Waals surface area contributed by atoms with Gasteiger partial charge in [0.1, 0.15) is 0 Å². The minimum atomic E-state index is -1.07. The molecule has 20 heavy (non-hydrogen) atoms. The molecule has 0 aromatic carbocycles. The molecule has 1 N–H and O–H groups in total. The highest BCUT2D eigenvalue weighted by atomic mass is 16.4. The molecule has 0 radical (unpaired) electrons. The van der Waals surface area contributed by atoms with Gasteiger partial charge in [-0.25, -0.2) is 4.79 Å². The summed E-state index contributed by atoms with van der Waals surface area (Å²) in [5, 5.41) is 8.94. The molecule has 5 nitrogen and oxygen atoms in total. The van der Waals surface area contributed by atoms with E-state index in [1.54, 1.807) is 4.90 Å². The van der Waals surface area contributed by atoms with Gasteiger partial charge in [-0.3, -0.25) is 9.78 Å². The van der Waals surface area contributed by atoms with E-state index in [1.807, 2.05) is 32.0 Å². The third-order valence-corrected chi connectivity index (χ3v) is 3.17. The molecule has 0 bridgehead atoms. The Morgan fingerprint density at radius 3 is 2.40 bits per heavy atom. The van der Waals surface area contributed by atoms with Crippen molar-refractivity contribution in [3.63, 3.8) is 0 Å². The molecule has 108 valence electrons. The zero-order valence-corrected chi connectivity index (χ0v) is 12.3. The minimum Gasteiger partial charge on any atom is -0.478 e. The molecule has 0 saturated heterocycles. The van der Waals surface area contributed by atoms with Gasteiger partial charge in [-0.1, -0.05) is 6.07 Å². The number of likely N-dealkylation sites (N-methyl/N-ethyl adjacent to an activating group) is 1. The van der Waals surface area contributed by atoms with Crippen LogP contribution in [0.2, 0.25) is 0 Å². The van der Waals surface area contributed by atoms with Gasteiger partial charge in [0.15, 0.2) is 0 Å². The molecule has 0 aliphatic carbocycles. The lowest BCUT2D eigenvalue weighted by Crippen LogP contribution is -2.32. The van der Waals surface area contributed by atoms with Gasteiger partial charge in [0.2, 0.25) is 5.91 Å². The minimum absolute atomic E-state index is 0.0747. The monoisotopic (exact) mass is 276 g/mol. The second kappa shape index (κ2) is 6.84. The highest BCUT2D eigenvalue weighted by Crippen LogP contribution is 2.11. The lowest BCUT2D eigenvalue weighted by Gasteiger charge is -2.21. The average Bonchev–Trinajstić information content (AvgIpc) is 2.42. The summed E-state index contributed by atoms with van der Waals surface area (Å²) in [6, 6.07) is 5.63. The van der Waals surface area contributed by atoms with Crippen LogP contribution in [0.15, 0.2) is 29.3 Å². The average molecular weight is 276 g/mol. The number of hydrogen-bond acceptors (Lipinski definition) is 3. The predicted octanol–water partition coefficient (Wildman–Crippen LogP) is 2.16. The molecule has 0 atom stereocenters. The summed E-state index contributed by atoms with van der Waals surface area (Å²) in [5.41, 5.74) is 2.01. The van der Waals surface area contributed by atoms with Crippen LogP contribution in [-0.4, -0.2) is 33.4 Å². The van der Waals surface area contributed by atoms with Crippen molar-refractivity contribution in [2.24, 2.45) is 0 Å². The van der Waals surface area contributed by atoms with Gasteiger partial charge >= 0.3 is 5.97 Å². The summed E-state index contributed by atoms with van der Waals surface area (Å²) in [7, 11) is 0. The number of carbonyl (C=O) groups is 2. The Morgan fingerprint density at radius 2 is 1.90 bits per heavy atom. The first kappa shape index (κ1) is 15.9. The molecule has 0 fully saturated rings. The SMILES string of the molecule is CCN(Cc1cccc(C)n1)C(=O)/C(C)=C(/C)C(=O)O. The van der Waals surface area contributed by atoms with Crippen LogP contribution in [0.3, 0.4) is 0 Å². The molecular formula is C15H20N2O3. The third kappa shape index (κ3) is 3.91. The molecule has 0 aliphatic rings. The number of carbonyl (C=O) groups excluding carboxylic acids is 1. The molecule has 0 unspecified atom stereocenters. The van der Waals surface area contributed by atoms with Crippen LogP contribution in [-0.2, 0) is 16.1 Å². The quantitative estimate of drug-likeness (QED) is 0.837. The number of rotatable bonds is 5. The molecule has 1 rings (SSSR count). The van der Waals surface area contributed by atoms with Crippen LogP contribution in [0, 0.1) is 6.92 Å². The summed E-state index contributed by atoms with van der Waals surface area (Å²) < 4.78 is 0. The van der Waals surface area contributed by atoms with Crippen LogP contribution >= 0.6 is 0 Å². The van der Waals surface area contributed by atoms with E-state index in [9.17, 15) is 9.59 Å². The Kier molecular flexibility index (Phi) is 5.43. The van der Waals surface area contributed by atoms with E-state index < -0.39 is 5.97 Å². The van der Waals surface area contributed by atoms with Crippen LogP contribution in [0.25, 0.3) is 0 Å². The normalized spacial score (nSPS) is 11.8. The van der Waals surface area contributed by atoms with Gasteiger partial charge in [0, 0.05) is 23.4 Å². The van der Waals surface area contributed by atoms with Gasteiger partial charge in [-0.15, -0.1) is 0 Å². The highest BCUT2D eigenvalue weighted by Gasteiger charge is 2.18. The zero-order valence-electron chi connectivity index (χ0n) is 12.3. The van der Waals surface area contributed by atoms with Crippen molar-refractivity contribution in [3.05, 3.63) is 40.7 Å². The van der Waals surface area contributed by atoms with Gasteiger partial charge in [-0.05, 0) is 39.8 Å². The van der Waals surface area contributed by atoms with E-state index in [0.717, 1.165) is 11.4 Å². The first-order chi connectivity index (χ1) is 9.36. The smallest absolute Gasteiger partial charge is 0.331 e. The van der Waals surface area contributed by atoms with E-state index in [2.05, 4.69) is 4.98 Å². The Bertz CT molecular complexity index is 550. The topological polar surface area (TPSA) is 70.5 Å². The molecule has 0 aliphatic heterocycles.